The molecule has 0 N–H and O–H groups in total. The zero-order chi connectivity index (χ0) is 32.8. The second-order valence-corrected chi connectivity index (χ2v) is 12.7. The fourth-order valence-corrected chi connectivity index (χ4v) is 7.92. The number of rotatable bonds is 4. The molecule has 0 radical (unpaired) electrons. The van der Waals surface area contributed by atoms with Crippen LogP contribution in [0.25, 0.3) is 82.4 Å². The smallest absolute Gasteiger partial charge is 0.146 e. The van der Waals surface area contributed by atoms with Crippen molar-refractivity contribution in [3.05, 3.63) is 164 Å². The molecule has 0 amide bonds. The van der Waals surface area contributed by atoms with Gasteiger partial charge in [0.25, 0.3) is 0 Å². The Balaban J connectivity index is 1.09. The minimum absolute atomic E-state index is 0.745. The minimum atomic E-state index is 0.745. The lowest BCUT2D eigenvalue weighted by atomic mass is 10.1. The average molecular weight is 642 g/mol. The molecule has 6 aromatic carbocycles. The summed E-state index contributed by atoms with van der Waals surface area (Å²) in [5, 5.41) is 8.08. The molecule has 0 spiro atoms. The molecule has 6 nitrogen and oxygen atoms in total. The summed E-state index contributed by atoms with van der Waals surface area (Å²) in [6.07, 6.45) is 5.89. The molecule has 234 valence electrons. The third-order valence-corrected chi connectivity index (χ3v) is 9.97. The average Bonchev–Trinajstić information content (AvgIpc) is 3.89. The summed E-state index contributed by atoms with van der Waals surface area (Å²) in [6.45, 7) is 0. The van der Waals surface area contributed by atoms with Gasteiger partial charge in [0.15, 0.2) is 0 Å². The first kappa shape index (κ1) is 27.1. The van der Waals surface area contributed by atoms with Gasteiger partial charge in [0, 0.05) is 56.5 Å². The van der Waals surface area contributed by atoms with Crippen molar-refractivity contribution in [3.63, 3.8) is 0 Å². The number of hydrogen-bond donors (Lipinski definition) is 0. The number of ether oxygens (including phenoxy) is 1. The zero-order valence-corrected chi connectivity index (χ0v) is 26.7. The molecule has 0 atom stereocenters. The van der Waals surface area contributed by atoms with Crippen LogP contribution in [0.5, 0.6) is 11.5 Å². The van der Waals surface area contributed by atoms with Crippen molar-refractivity contribution in [2.45, 2.75) is 0 Å². The van der Waals surface area contributed by atoms with Gasteiger partial charge in [-0.25, -0.2) is 9.97 Å². The van der Waals surface area contributed by atoms with Crippen LogP contribution in [0.1, 0.15) is 0 Å². The lowest BCUT2D eigenvalue weighted by Gasteiger charge is -2.12. The fraction of sp³-hybridized carbons (Fsp3) is 0. The molecule has 0 aliphatic heterocycles. The standard InChI is InChI=1S/C44H27N5O/c1-2-11-28(12-3-1)48-38-19-8-5-16-34(38)41-40(48)27-46-44-42(41)35-17-6-9-20-39(35)49(44)29-13-10-14-30(25-29)50-31-21-22-32-33-15-4-7-18-37(33)47-24-23-45-43(47)36(32)26-31/h1-27H. The molecule has 0 fully saturated rings. The highest BCUT2D eigenvalue weighted by Crippen LogP contribution is 2.42. The van der Waals surface area contributed by atoms with Gasteiger partial charge in [-0.05, 0) is 66.0 Å². The molecule has 0 aliphatic carbocycles. The Bertz CT molecular complexity index is 3130. The van der Waals surface area contributed by atoms with Crippen molar-refractivity contribution in [2.24, 2.45) is 0 Å². The Labute approximate surface area is 285 Å². The first-order valence-corrected chi connectivity index (χ1v) is 16.7. The molecule has 11 aromatic rings. The molecular weight excluding hydrogens is 615 g/mol. The van der Waals surface area contributed by atoms with Crippen molar-refractivity contribution in [3.8, 4) is 22.9 Å². The first-order valence-electron chi connectivity index (χ1n) is 16.7. The topological polar surface area (TPSA) is 49.3 Å². The van der Waals surface area contributed by atoms with Crippen LogP contribution in [-0.2, 0) is 0 Å². The van der Waals surface area contributed by atoms with Gasteiger partial charge < -0.3 is 9.30 Å². The maximum atomic E-state index is 6.59. The number of aromatic nitrogens is 5. The minimum Gasteiger partial charge on any atom is -0.457 e. The van der Waals surface area contributed by atoms with Gasteiger partial charge in [0.2, 0.25) is 0 Å². The van der Waals surface area contributed by atoms with E-state index < -0.39 is 0 Å². The number of hydrogen-bond acceptors (Lipinski definition) is 3. The number of fused-ring (bicyclic) bond motifs is 13. The van der Waals surface area contributed by atoms with Gasteiger partial charge in [-0.2, -0.15) is 0 Å². The second kappa shape index (κ2) is 10.3. The van der Waals surface area contributed by atoms with Crippen LogP contribution in [0.15, 0.2) is 164 Å². The fourth-order valence-electron chi connectivity index (χ4n) is 7.92. The van der Waals surface area contributed by atoms with Gasteiger partial charge in [-0.15, -0.1) is 0 Å². The molecule has 11 rings (SSSR count). The monoisotopic (exact) mass is 641 g/mol. The van der Waals surface area contributed by atoms with Gasteiger partial charge in [-0.3, -0.25) is 8.97 Å². The number of nitrogens with zero attached hydrogens (tertiary/aromatic N) is 5. The Hall–Kier alpha value is -6.92. The quantitative estimate of drug-likeness (QED) is 0.180. The maximum Gasteiger partial charge on any atom is 0.146 e. The largest absolute Gasteiger partial charge is 0.457 e. The molecule has 0 aliphatic rings. The van der Waals surface area contributed by atoms with Gasteiger partial charge in [0.05, 0.1) is 34.0 Å². The summed E-state index contributed by atoms with van der Waals surface area (Å²) >= 11 is 0. The highest BCUT2D eigenvalue weighted by atomic mass is 16.5. The van der Waals surface area contributed by atoms with Crippen LogP contribution in [0, 0.1) is 0 Å². The van der Waals surface area contributed by atoms with Crippen molar-refractivity contribution < 1.29 is 4.74 Å². The molecule has 5 aromatic heterocycles. The number of pyridine rings is 2. The molecule has 50 heavy (non-hydrogen) atoms. The lowest BCUT2D eigenvalue weighted by molar-refractivity contribution is 0.483. The van der Waals surface area contributed by atoms with Crippen LogP contribution in [0.3, 0.4) is 0 Å². The summed E-state index contributed by atoms with van der Waals surface area (Å²) < 4.78 is 13.3. The van der Waals surface area contributed by atoms with E-state index in [4.69, 9.17) is 14.7 Å². The van der Waals surface area contributed by atoms with E-state index >= 15 is 0 Å². The normalized spacial score (nSPS) is 12.0. The van der Waals surface area contributed by atoms with Crippen LogP contribution in [0.4, 0.5) is 0 Å². The Kier molecular flexibility index (Phi) is 5.57. The Morgan fingerprint density at radius 3 is 1.94 bits per heavy atom. The van der Waals surface area contributed by atoms with E-state index in [-0.39, 0.29) is 0 Å². The summed E-state index contributed by atoms with van der Waals surface area (Å²) in [7, 11) is 0. The van der Waals surface area contributed by atoms with E-state index in [1.54, 1.807) is 0 Å². The number of imidazole rings is 1. The Morgan fingerprint density at radius 2 is 1.10 bits per heavy atom. The maximum absolute atomic E-state index is 6.59. The van der Waals surface area contributed by atoms with E-state index in [0.717, 1.165) is 77.8 Å². The van der Waals surface area contributed by atoms with Crippen LogP contribution < -0.4 is 4.74 Å². The molecule has 0 saturated carbocycles. The predicted molar refractivity (Wildman–Crippen MR) is 203 cm³/mol. The third kappa shape index (κ3) is 3.78. The summed E-state index contributed by atoms with van der Waals surface area (Å²) in [4.78, 5) is 9.90. The highest BCUT2D eigenvalue weighted by Gasteiger charge is 2.21. The third-order valence-electron chi connectivity index (χ3n) is 9.97. The van der Waals surface area contributed by atoms with E-state index in [2.05, 4.69) is 141 Å². The van der Waals surface area contributed by atoms with Crippen molar-refractivity contribution in [1.29, 1.82) is 0 Å². The van der Waals surface area contributed by atoms with E-state index in [1.165, 1.54) is 16.2 Å². The van der Waals surface area contributed by atoms with E-state index in [0.29, 0.717) is 0 Å². The van der Waals surface area contributed by atoms with Gasteiger partial charge in [-0.1, -0.05) is 78.9 Å². The molecule has 0 bridgehead atoms. The van der Waals surface area contributed by atoms with Crippen molar-refractivity contribution >= 4 is 71.1 Å². The lowest BCUT2D eigenvalue weighted by Crippen LogP contribution is -1.97. The van der Waals surface area contributed by atoms with Gasteiger partial charge >= 0.3 is 0 Å². The van der Waals surface area contributed by atoms with E-state index in [1.807, 2.05) is 36.8 Å². The highest BCUT2D eigenvalue weighted by molar-refractivity contribution is 6.27. The zero-order valence-electron chi connectivity index (χ0n) is 26.7. The summed E-state index contributed by atoms with van der Waals surface area (Å²) in [5.74, 6) is 1.50. The second-order valence-electron chi connectivity index (χ2n) is 12.7. The molecule has 6 heteroatoms. The molecule has 0 unspecified atom stereocenters. The van der Waals surface area contributed by atoms with Crippen LogP contribution in [-0.4, -0.2) is 23.5 Å². The molecule has 0 saturated heterocycles. The van der Waals surface area contributed by atoms with Gasteiger partial charge in [0.1, 0.15) is 22.8 Å². The summed E-state index contributed by atoms with van der Waals surface area (Å²) in [5.41, 5.74) is 8.39. The number of para-hydroxylation sites is 4. The predicted octanol–water partition coefficient (Wildman–Crippen LogP) is 11.0. The van der Waals surface area contributed by atoms with Crippen LogP contribution in [0.2, 0.25) is 0 Å². The van der Waals surface area contributed by atoms with Crippen LogP contribution >= 0.6 is 0 Å². The summed E-state index contributed by atoms with van der Waals surface area (Å²) in [6, 6.07) is 50.8. The first-order chi connectivity index (χ1) is 24.8. The molecular formula is C44H27N5O. The van der Waals surface area contributed by atoms with E-state index in [9.17, 15) is 0 Å². The Morgan fingerprint density at radius 1 is 0.420 bits per heavy atom. The SMILES string of the molecule is c1ccc(-n2c3ccccc3c3c4c5ccccc5n(-c5cccc(Oc6ccc7c8ccccc8n8ccnc8c7c6)c5)c4ncc32)cc1. The molecule has 5 heterocycles. The number of benzene rings is 6. The van der Waals surface area contributed by atoms with Crippen molar-refractivity contribution in [2.75, 3.05) is 0 Å². The van der Waals surface area contributed by atoms with Crippen molar-refractivity contribution in [1.82, 2.24) is 23.5 Å².